The van der Waals surface area contributed by atoms with Crippen molar-refractivity contribution in [3.8, 4) is 6.07 Å². The number of benzene rings is 1. The maximum absolute atomic E-state index is 12.3. The molecule has 2 fully saturated rings. The van der Waals surface area contributed by atoms with Crippen LogP contribution in [0.2, 0.25) is 0 Å². The fourth-order valence-electron chi connectivity index (χ4n) is 3.86. The first-order valence-electron chi connectivity index (χ1n) is 9.72. The van der Waals surface area contributed by atoms with Crippen molar-refractivity contribution in [3.05, 3.63) is 35.9 Å². The van der Waals surface area contributed by atoms with Crippen molar-refractivity contribution in [2.45, 2.75) is 44.1 Å². The number of nitrogens with zero attached hydrogens (tertiary/aromatic N) is 2. The second-order valence-corrected chi connectivity index (χ2v) is 7.53. The summed E-state index contributed by atoms with van der Waals surface area (Å²) in [5.74, 6) is -1.63. The second-order valence-electron chi connectivity index (χ2n) is 7.53. The van der Waals surface area contributed by atoms with Crippen LogP contribution in [0.4, 0.5) is 0 Å². The molecular formula is C21H25N3O4. The molecule has 1 aliphatic carbocycles. The monoisotopic (exact) mass is 383 g/mol. The summed E-state index contributed by atoms with van der Waals surface area (Å²) in [7, 11) is 0. The van der Waals surface area contributed by atoms with Crippen molar-refractivity contribution in [2.75, 3.05) is 19.7 Å². The number of carbonyl (C=O) groups excluding carboxylic acids is 3. The lowest BCUT2D eigenvalue weighted by Gasteiger charge is -2.22. The van der Waals surface area contributed by atoms with Crippen LogP contribution in [0.3, 0.4) is 0 Å². The standard InChI is InChI=1S/C21H25N3O4/c22-15-21(9-4-5-10-21)23-18(25)14-28-20(27)17-12-19(26)24(13-17)11-8-16-6-2-1-3-7-16/h1-3,6-7,17H,4-5,8-14H2,(H,23,25)/t17-/m0/s1. The van der Waals surface area contributed by atoms with Crippen LogP contribution in [0.1, 0.15) is 37.7 Å². The Morgan fingerprint density at radius 1 is 1.25 bits per heavy atom. The molecule has 7 nitrogen and oxygen atoms in total. The van der Waals surface area contributed by atoms with E-state index in [0.717, 1.165) is 24.8 Å². The van der Waals surface area contributed by atoms with E-state index in [0.29, 0.717) is 25.9 Å². The number of rotatable bonds is 7. The van der Waals surface area contributed by atoms with E-state index in [1.54, 1.807) is 4.90 Å². The molecule has 148 valence electrons. The third-order valence-electron chi connectivity index (χ3n) is 5.46. The van der Waals surface area contributed by atoms with E-state index in [2.05, 4.69) is 11.4 Å². The number of esters is 1. The van der Waals surface area contributed by atoms with Gasteiger partial charge < -0.3 is 15.0 Å². The number of carbonyl (C=O) groups is 3. The summed E-state index contributed by atoms with van der Waals surface area (Å²) < 4.78 is 5.11. The summed E-state index contributed by atoms with van der Waals surface area (Å²) in [6.07, 6.45) is 3.88. The normalized spacial score (nSPS) is 20.6. The van der Waals surface area contributed by atoms with Gasteiger partial charge in [0.25, 0.3) is 5.91 Å². The van der Waals surface area contributed by atoms with Crippen LogP contribution >= 0.6 is 0 Å². The molecule has 0 radical (unpaired) electrons. The zero-order valence-corrected chi connectivity index (χ0v) is 15.9. The van der Waals surface area contributed by atoms with Crippen LogP contribution < -0.4 is 5.32 Å². The van der Waals surface area contributed by atoms with Gasteiger partial charge in [0.15, 0.2) is 6.61 Å². The lowest BCUT2D eigenvalue weighted by atomic mass is 10.00. The summed E-state index contributed by atoms with van der Waals surface area (Å²) >= 11 is 0. The number of hydrogen-bond donors (Lipinski definition) is 1. The lowest BCUT2D eigenvalue weighted by molar-refractivity contribution is -0.152. The summed E-state index contributed by atoms with van der Waals surface area (Å²) in [5.41, 5.74) is 0.303. The Hall–Kier alpha value is -2.88. The molecule has 1 atom stereocenters. The number of nitriles is 1. The Morgan fingerprint density at radius 2 is 1.96 bits per heavy atom. The van der Waals surface area contributed by atoms with E-state index in [1.165, 1.54) is 0 Å². The van der Waals surface area contributed by atoms with E-state index in [1.807, 2.05) is 30.3 Å². The van der Waals surface area contributed by atoms with Gasteiger partial charge in [0, 0.05) is 19.5 Å². The van der Waals surface area contributed by atoms with Crippen LogP contribution in [-0.2, 0) is 25.5 Å². The van der Waals surface area contributed by atoms with E-state index in [-0.39, 0.29) is 12.3 Å². The topological polar surface area (TPSA) is 99.5 Å². The maximum Gasteiger partial charge on any atom is 0.311 e. The summed E-state index contributed by atoms with van der Waals surface area (Å²) in [5, 5.41) is 12.0. The largest absolute Gasteiger partial charge is 0.455 e. The molecule has 0 spiro atoms. The second kappa shape index (κ2) is 8.87. The first-order valence-corrected chi connectivity index (χ1v) is 9.72. The van der Waals surface area contributed by atoms with Crippen molar-refractivity contribution in [3.63, 3.8) is 0 Å². The molecule has 28 heavy (non-hydrogen) atoms. The minimum atomic E-state index is -0.832. The molecule has 1 N–H and O–H groups in total. The van der Waals surface area contributed by atoms with E-state index < -0.39 is 29.9 Å². The van der Waals surface area contributed by atoms with Crippen molar-refractivity contribution in [1.82, 2.24) is 10.2 Å². The Balaban J connectivity index is 1.43. The number of hydrogen-bond acceptors (Lipinski definition) is 5. The van der Waals surface area contributed by atoms with Crippen LogP contribution in [0, 0.1) is 17.2 Å². The molecule has 1 saturated carbocycles. The zero-order chi connectivity index (χ0) is 20.0. The molecule has 1 saturated heterocycles. The molecule has 2 aliphatic rings. The molecular weight excluding hydrogens is 358 g/mol. The Bertz CT molecular complexity index is 766. The SMILES string of the molecule is N#CC1(NC(=O)COC(=O)[C@H]2CC(=O)N(CCc3ccccc3)C2)CCCC1. The van der Waals surface area contributed by atoms with Gasteiger partial charge in [0.05, 0.1) is 12.0 Å². The summed E-state index contributed by atoms with van der Waals surface area (Å²) in [6, 6.07) is 12.0. The number of likely N-dealkylation sites (tertiary alicyclic amines) is 1. The maximum atomic E-state index is 12.3. The quantitative estimate of drug-likeness (QED) is 0.721. The first kappa shape index (κ1) is 19.9. The number of amides is 2. The fraction of sp³-hybridized carbons (Fsp3) is 0.524. The Kier molecular flexibility index (Phi) is 6.30. The highest BCUT2D eigenvalue weighted by Crippen LogP contribution is 2.28. The average Bonchev–Trinajstić information content (AvgIpc) is 3.32. The van der Waals surface area contributed by atoms with E-state index in [9.17, 15) is 19.6 Å². The van der Waals surface area contributed by atoms with Crippen molar-refractivity contribution in [2.24, 2.45) is 5.92 Å². The van der Waals surface area contributed by atoms with Gasteiger partial charge in [-0.25, -0.2) is 0 Å². The molecule has 1 aromatic carbocycles. The Labute approximate surface area is 164 Å². The molecule has 1 heterocycles. The minimum Gasteiger partial charge on any atom is -0.455 e. The number of nitrogens with one attached hydrogen (secondary N) is 1. The molecule has 0 bridgehead atoms. The number of ether oxygens (including phenoxy) is 1. The highest BCUT2D eigenvalue weighted by Gasteiger charge is 2.37. The predicted molar refractivity (Wildman–Crippen MR) is 101 cm³/mol. The summed E-state index contributed by atoms with van der Waals surface area (Å²) in [6.45, 7) is 0.447. The molecule has 1 aromatic rings. The van der Waals surface area contributed by atoms with Crippen molar-refractivity contribution in [1.29, 1.82) is 5.26 Å². The Morgan fingerprint density at radius 3 is 2.64 bits per heavy atom. The molecule has 1 aliphatic heterocycles. The van der Waals surface area contributed by atoms with E-state index >= 15 is 0 Å². The molecule has 2 amide bonds. The predicted octanol–water partition coefficient (Wildman–Crippen LogP) is 1.57. The average molecular weight is 383 g/mol. The highest BCUT2D eigenvalue weighted by molar-refractivity contribution is 5.88. The van der Waals surface area contributed by atoms with Gasteiger partial charge in [0.2, 0.25) is 5.91 Å². The van der Waals surface area contributed by atoms with Crippen molar-refractivity contribution < 1.29 is 19.1 Å². The third-order valence-corrected chi connectivity index (χ3v) is 5.46. The van der Waals surface area contributed by atoms with Gasteiger partial charge in [-0.15, -0.1) is 0 Å². The fourth-order valence-corrected chi connectivity index (χ4v) is 3.86. The minimum absolute atomic E-state index is 0.0725. The van der Waals surface area contributed by atoms with Crippen LogP contribution in [0.5, 0.6) is 0 Å². The first-order chi connectivity index (χ1) is 13.5. The third kappa shape index (κ3) is 4.89. The van der Waals surface area contributed by atoms with Gasteiger partial charge in [-0.2, -0.15) is 5.26 Å². The van der Waals surface area contributed by atoms with Gasteiger partial charge in [-0.3, -0.25) is 14.4 Å². The van der Waals surface area contributed by atoms with Gasteiger partial charge in [-0.05, 0) is 37.7 Å². The zero-order valence-electron chi connectivity index (χ0n) is 15.9. The van der Waals surface area contributed by atoms with Crippen LogP contribution in [-0.4, -0.2) is 47.9 Å². The summed E-state index contributed by atoms with van der Waals surface area (Å²) in [4.78, 5) is 38.1. The van der Waals surface area contributed by atoms with Gasteiger partial charge >= 0.3 is 5.97 Å². The molecule has 7 heteroatoms. The van der Waals surface area contributed by atoms with Crippen molar-refractivity contribution >= 4 is 17.8 Å². The van der Waals surface area contributed by atoms with E-state index in [4.69, 9.17) is 4.74 Å². The molecule has 3 rings (SSSR count). The lowest BCUT2D eigenvalue weighted by Crippen LogP contribution is -2.47. The van der Waals surface area contributed by atoms with Gasteiger partial charge in [0.1, 0.15) is 5.54 Å². The van der Waals surface area contributed by atoms with Gasteiger partial charge in [-0.1, -0.05) is 30.3 Å². The molecule has 0 aromatic heterocycles. The van der Waals surface area contributed by atoms with Crippen LogP contribution in [0.25, 0.3) is 0 Å². The smallest absolute Gasteiger partial charge is 0.311 e. The molecule has 0 unspecified atom stereocenters. The highest BCUT2D eigenvalue weighted by atomic mass is 16.5. The van der Waals surface area contributed by atoms with Crippen LogP contribution in [0.15, 0.2) is 30.3 Å².